The van der Waals surface area contributed by atoms with Crippen LogP contribution in [0.1, 0.15) is 26.3 Å². The Morgan fingerprint density at radius 2 is 1.64 bits per heavy atom. The van der Waals surface area contributed by atoms with Crippen LogP contribution in [0.2, 0.25) is 0 Å². The summed E-state index contributed by atoms with van der Waals surface area (Å²) in [6.07, 6.45) is -1.19. The lowest BCUT2D eigenvalue weighted by atomic mass is 10.1. The number of carboxylic acid groups (broad SMARTS) is 1. The van der Waals surface area contributed by atoms with Gasteiger partial charge in [-0.2, -0.15) is 0 Å². The third-order valence-corrected chi connectivity index (χ3v) is 4.46. The minimum absolute atomic E-state index is 0.0609. The van der Waals surface area contributed by atoms with Gasteiger partial charge in [0.15, 0.2) is 5.11 Å². The van der Waals surface area contributed by atoms with Gasteiger partial charge in [0.1, 0.15) is 6.17 Å². The Hall–Kier alpha value is -2.06. The van der Waals surface area contributed by atoms with Crippen LogP contribution in [0.4, 0.5) is 5.69 Å². The van der Waals surface area contributed by atoms with Crippen molar-refractivity contribution in [3.05, 3.63) is 65.2 Å². The quantitative estimate of drug-likeness (QED) is 0.362. The highest BCUT2D eigenvalue weighted by Crippen LogP contribution is 2.29. The molecule has 0 bridgehead atoms. The van der Waals surface area contributed by atoms with Crippen LogP contribution in [-0.4, -0.2) is 26.9 Å². The molecule has 1 amide bonds. The van der Waals surface area contributed by atoms with Crippen LogP contribution in [0.3, 0.4) is 0 Å². The van der Waals surface area contributed by atoms with Crippen LogP contribution >= 0.6 is 47.0 Å². The van der Waals surface area contributed by atoms with Crippen LogP contribution in [0, 0.1) is 6.92 Å². The van der Waals surface area contributed by atoms with E-state index in [1.165, 1.54) is 12.1 Å². The van der Waals surface area contributed by atoms with Gasteiger partial charge in [-0.05, 0) is 37.3 Å². The summed E-state index contributed by atoms with van der Waals surface area (Å²) < 4.78 is -1.94. The average molecular weight is 460 g/mol. The molecule has 0 spiro atoms. The van der Waals surface area contributed by atoms with E-state index in [1.54, 1.807) is 36.4 Å². The normalized spacial score (nSPS) is 12.0. The Kier molecular flexibility index (Phi) is 7.48. The van der Waals surface area contributed by atoms with Crippen molar-refractivity contribution < 1.29 is 14.7 Å². The number of carboxylic acids is 1. The number of hydrogen-bond acceptors (Lipinski definition) is 4. The second-order valence-corrected chi connectivity index (χ2v) is 8.52. The molecule has 0 saturated heterocycles. The molecule has 0 unspecified atom stereocenters. The first-order valence-electron chi connectivity index (χ1n) is 7.90. The van der Waals surface area contributed by atoms with Crippen molar-refractivity contribution in [2.24, 2.45) is 0 Å². The Morgan fingerprint density at radius 1 is 1.04 bits per heavy atom. The molecule has 6 nitrogen and oxygen atoms in total. The number of carbonyl (C=O) groups is 2. The van der Waals surface area contributed by atoms with Crippen molar-refractivity contribution in [2.75, 3.05) is 5.32 Å². The molecule has 0 radical (unpaired) electrons. The summed E-state index contributed by atoms with van der Waals surface area (Å²) in [4.78, 5) is 23.6. The summed E-state index contributed by atoms with van der Waals surface area (Å²) in [5, 5.41) is 19.0. The number of carbonyl (C=O) groups excluding carboxylic acids is 2. The highest BCUT2D eigenvalue weighted by molar-refractivity contribution is 7.80. The van der Waals surface area contributed by atoms with E-state index in [0.717, 1.165) is 5.56 Å². The molecule has 1 atom stereocenters. The number of aryl methyl sites for hydroxylation is 1. The molecule has 2 aromatic carbocycles. The van der Waals surface area contributed by atoms with Gasteiger partial charge < -0.3 is 25.9 Å². The third-order valence-electron chi connectivity index (χ3n) is 3.59. The molecule has 10 heteroatoms. The molecule has 0 aliphatic heterocycles. The number of amides is 1. The SMILES string of the molecule is Cc1ccc(C(=O)N[C@@H](NC(=S)Nc2ccccc2C(=O)[O-])C(Cl)(Cl)Cl)cc1. The lowest BCUT2D eigenvalue weighted by molar-refractivity contribution is -0.254. The second kappa shape index (κ2) is 9.43. The van der Waals surface area contributed by atoms with Crippen molar-refractivity contribution in [1.82, 2.24) is 10.6 Å². The van der Waals surface area contributed by atoms with Crippen LogP contribution in [-0.2, 0) is 0 Å². The number of hydrogen-bond donors (Lipinski definition) is 3. The minimum atomic E-state index is -1.94. The number of rotatable bonds is 5. The van der Waals surface area contributed by atoms with Crippen molar-refractivity contribution in [3.8, 4) is 0 Å². The predicted molar refractivity (Wildman–Crippen MR) is 113 cm³/mol. The number of para-hydroxylation sites is 1. The fraction of sp³-hybridized carbons (Fsp3) is 0.167. The van der Waals surface area contributed by atoms with Gasteiger partial charge in [-0.3, -0.25) is 4.79 Å². The van der Waals surface area contributed by atoms with E-state index >= 15 is 0 Å². The van der Waals surface area contributed by atoms with Crippen molar-refractivity contribution >= 4 is 69.7 Å². The van der Waals surface area contributed by atoms with E-state index in [4.69, 9.17) is 47.0 Å². The number of anilines is 1. The van der Waals surface area contributed by atoms with Gasteiger partial charge in [-0.1, -0.05) is 70.7 Å². The standard InChI is InChI=1S/C18H16Cl3N3O3S/c1-10-6-8-11(9-7-10)14(25)23-16(18(19,20)21)24-17(28)22-13-5-3-2-4-12(13)15(26)27/h2-9,16H,1H3,(H,23,25)(H,26,27)(H2,22,24,28)/p-1/t16-/m0/s1. The zero-order valence-corrected chi connectivity index (χ0v) is 17.5. The topological polar surface area (TPSA) is 93.3 Å². The molecular formula is C18H15Cl3N3O3S-. The molecule has 2 aromatic rings. The predicted octanol–water partition coefficient (Wildman–Crippen LogP) is 2.77. The molecule has 0 fully saturated rings. The summed E-state index contributed by atoms with van der Waals surface area (Å²) in [7, 11) is 0. The van der Waals surface area contributed by atoms with Gasteiger partial charge in [-0.25, -0.2) is 0 Å². The Bertz CT molecular complexity index is 886. The highest BCUT2D eigenvalue weighted by atomic mass is 35.6. The molecule has 0 aromatic heterocycles. The number of thiocarbonyl (C=S) groups is 1. The van der Waals surface area contributed by atoms with E-state index in [1.807, 2.05) is 6.92 Å². The third kappa shape index (κ3) is 6.24. The number of alkyl halides is 3. The van der Waals surface area contributed by atoms with E-state index in [2.05, 4.69) is 16.0 Å². The van der Waals surface area contributed by atoms with Gasteiger partial charge in [0, 0.05) is 16.8 Å². The molecule has 0 aliphatic rings. The fourth-order valence-electron chi connectivity index (χ4n) is 2.18. The van der Waals surface area contributed by atoms with Gasteiger partial charge in [0.25, 0.3) is 5.91 Å². The van der Waals surface area contributed by atoms with E-state index in [9.17, 15) is 14.7 Å². The highest BCUT2D eigenvalue weighted by Gasteiger charge is 2.35. The molecule has 28 heavy (non-hydrogen) atoms. The van der Waals surface area contributed by atoms with Gasteiger partial charge in [0.05, 0.1) is 5.97 Å². The molecule has 0 heterocycles. The first kappa shape index (κ1) is 22.2. The average Bonchev–Trinajstić information content (AvgIpc) is 2.61. The monoisotopic (exact) mass is 458 g/mol. The summed E-state index contributed by atoms with van der Waals surface area (Å²) in [5.41, 5.74) is 1.45. The van der Waals surface area contributed by atoms with E-state index in [-0.39, 0.29) is 16.4 Å². The molecule has 3 N–H and O–H groups in total. The zero-order chi connectivity index (χ0) is 20.9. The Labute approximate surface area is 182 Å². The summed E-state index contributed by atoms with van der Waals surface area (Å²) in [6, 6.07) is 12.8. The Balaban J connectivity index is 2.12. The van der Waals surface area contributed by atoms with Crippen molar-refractivity contribution in [1.29, 1.82) is 0 Å². The van der Waals surface area contributed by atoms with E-state index < -0.39 is 21.8 Å². The number of benzene rings is 2. The summed E-state index contributed by atoms with van der Waals surface area (Å²) in [5.74, 6) is -1.86. The van der Waals surface area contributed by atoms with Gasteiger partial charge >= 0.3 is 0 Å². The largest absolute Gasteiger partial charge is 0.545 e. The molecular weight excluding hydrogens is 445 g/mol. The molecule has 0 saturated carbocycles. The second-order valence-electron chi connectivity index (χ2n) is 5.75. The zero-order valence-electron chi connectivity index (χ0n) is 14.5. The smallest absolute Gasteiger partial charge is 0.252 e. The van der Waals surface area contributed by atoms with Crippen molar-refractivity contribution in [2.45, 2.75) is 16.9 Å². The molecule has 2 rings (SSSR count). The van der Waals surface area contributed by atoms with E-state index in [0.29, 0.717) is 5.56 Å². The van der Waals surface area contributed by atoms with Gasteiger partial charge in [-0.15, -0.1) is 0 Å². The van der Waals surface area contributed by atoms with Crippen LogP contribution in [0.25, 0.3) is 0 Å². The lowest BCUT2D eigenvalue weighted by Gasteiger charge is -2.28. The summed E-state index contributed by atoms with van der Waals surface area (Å²) in [6.45, 7) is 1.89. The maximum absolute atomic E-state index is 12.4. The minimum Gasteiger partial charge on any atom is -0.545 e. The van der Waals surface area contributed by atoms with Crippen LogP contribution in [0.5, 0.6) is 0 Å². The van der Waals surface area contributed by atoms with Crippen LogP contribution in [0.15, 0.2) is 48.5 Å². The maximum atomic E-state index is 12.4. The van der Waals surface area contributed by atoms with Gasteiger partial charge in [0.2, 0.25) is 3.79 Å². The molecule has 148 valence electrons. The number of halogens is 3. The number of nitrogens with one attached hydrogen (secondary N) is 3. The van der Waals surface area contributed by atoms with Crippen LogP contribution < -0.4 is 21.1 Å². The first-order valence-corrected chi connectivity index (χ1v) is 9.44. The Morgan fingerprint density at radius 3 is 2.21 bits per heavy atom. The lowest BCUT2D eigenvalue weighted by Crippen LogP contribution is -2.56. The number of aromatic carboxylic acids is 1. The summed E-state index contributed by atoms with van der Waals surface area (Å²) >= 11 is 23.0. The maximum Gasteiger partial charge on any atom is 0.252 e. The fourth-order valence-corrected chi connectivity index (χ4v) is 2.73. The van der Waals surface area contributed by atoms with Crippen molar-refractivity contribution in [3.63, 3.8) is 0 Å². The first-order chi connectivity index (χ1) is 13.1. The molecule has 0 aliphatic carbocycles.